The van der Waals surface area contributed by atoms with E-state index in [2.05, 4.69) is 11.4 Å². The van der Waals surface area contributed by atoms with Crippen LogP contribution in [0.4, 0.5) is 5.69 Å². The van der Waals surface area contributed by atoms with Gasteiger partial charge >= 0.3 is 0 Å². The molecule has 1 saturated heterocycles. The molecule has 1 N–H and O–H groups in total. The van der Waals surface area contributed by atoms with Crippen LogP contribution in [0.5, 0.6) is 5.75 Å². The second-order valence-electron chi connectivity index (χ2n) is 5.27. The van der Waals surface area contributed by atoms with E-state index in [1.165, 1.54) is 12.8 Å². The fourth-order valence-electron chi connectivity index (χ4n) is 2.58. The first-order valence-corrected chi connectivity index (χ1v) is 6.88. The number of amides is 1. The molecule has 1 atom stereocenters. The molecule has 0 spiro atoms. The Morgan fingerprint density at radius 2 is 2.20 bits per heavy atom. The number of carbonyl (C=O) groups excluding carboxylic acids is 1. The molecule has 1 heterocycles. The van der Waals surface area contributed by atoms with Gasteiger partial charge in [-0.3, -0.25) is 4.79 Å². The molecule has 5 nitrogen and oxygen atoms in total. The number of anilines is 1. The molecule has 104 valence electrons. The van der Waals surface area contributed by atoms with Crippen molar-refractivity contribution < 1.29 is 9.53 Å². The monoisotopic (exact) mass is 271 g/mol. The van der Waals surface area contributed by atoms with Crippen molar-refractivity contribution in [2.75, 3.05) is 18.6 Å². The minimum Gasteiger partial charge on any atom is -0.495 e. The maximum atomic E-state index is 12.4. The van der Waals surface area contributed by atoms with Gasteiger partial charge in [-0.1, -0.05) is 0 Å². The van der Waals surface area contributed by atoms with E-state index in [1.54, 1.807) is 30.2 Å². The summed E-state index contributed by atoms with van der Waals surface area (Å²) in [5.74, 6) is 0.671. The number of benzene rings is 1. The highest BCUT2D eigenvalue weighted by Gasteiger charge is 2.37. The second kappa shape index (κ2) is 5.14. The van der Waals surface area contributed by atoms with Crippen LogP contribution < -0.4 is 15.0 Å². The standard InChI is InChI=1S/C15H17N3O2/c1-20-14-8-10(9-16)2-5-13(14)18-7-6-12(15(18)19)17-11-3-4-11/h2,5,8,11-12,17H,3-4,6-7H2,1H3. The van der Waals surface area contributed by atoms with E-state index in [-0.39, 0.29) is 11.9 Å². The molecule has 5 heteroatoms. The summed E-state index contributed by atoms with van der Waals surface area (Å²) in [5.41, 5.74) is 1.28. The van der Waals surface area contributed by atoms with Crippen LogP contribution in [0.3, 0.4) is 0 Å². The molecule has 1 amide bonds. The van der Waals surface area contributed by atoms with Gasteiger partial charge in [0.05, 0.1) is 30.5 Å². The maximum absolute atomic E-state index is 12.4. The zero-order valence-corrected chi connectivity index (χ0v) is 11.4. The molecule has 1 aliphatic carbocycles. The zero-order valence-electron chi connectivity index (χ0n) is 11.4. The van der Waals surface area contributed by atoms with Gasteiger partial charge in [0.1, 0.15) is 5.75 Å². The third-order valence-corrected chi connectivity index (χ3v) is 3.82. The van der Waals surface area contributed by atoms with Crippen LogP contribution in [0.1, 0.15) is 24.8 Å². The van der Waals surface area contributed by atoms with Crippen LogP contribution in [0, 0.1) is 11.3 Å². The van der Waals surface area contributed by atoms with Crippen molar-refractivity contribution in [1.82, 2.24) is 5.32 Å². The predicted octanol–water partition coefficient (Wildman–Crippen LogP) is 1.42. The van der Waals surface area contributed by atoms with Gasteiger partial charge in [0, 0.05) is 18.7 Å². The molecular weight excluding hydrogens is 254 g/mol. The fraction of sp³-hybridized carbons (Fsp3) is 0.467. The number of nitrogens with one attached hydrogen (secondary N) is 1. The summed E-state index contributed by atoms with van der Waals surface area (Å²) in [5, 5.41) is 12.3. The number of nitrogens with zero attached hydrogens (tertiary/aromatic N) is 2. The largest absolute Gasteiger partial charge is 0.495 e. The average molecular weight is 271 g/mol. The lowest BCUT2D eigenvalue weighted by Gasteiger charge is -2.20. The van der Waals surface area contributed by atoms with Crippen LogP contribution in [-0.2, 0) is 4.79 Å². The lowest BCUT2D eigenvalue weighted by molar-refractivity contribution is -0.118. The van der Waals surface area contributed by atoms with Crippen molar-refractivity contribution in [2.45, 2.75) is 31.3 Å². The van der Waals surface area contributed by atoms with E-state index in [9.17, 15) is 4.79 Å². The summed E-state index contributed by atoms with van der Waals surface area (Å²) in [6, 6.07) is 7.69. The first kappa shape index (κ1) is 12.9. The molecule has 3 rings (SSSR count). The van der Waals surface area contributed by atoms with E-state index >= 15 is 0 Å². The van der Waals surface area contributed by atoms with Crippen molar-refractivity contribution in [1.29, 1.82) is 5.26 Å². The molecule has 1 aliphatic heterocycles. The summed E-state index contributed by atoms with van der Waals surface area (Å²) < 4.78 is 5.31. The fourth-order valence-corrected chi connectivity index (χ4v) is 2.58. The van der Waals surface area contributed by atoms with Gasteiger partial charge in [0.25, 0.3) is 0 Å². The minimum absolute atomic E-state index is 0.0807. The first-order valence-electron chi connectivity index (χ1n) is 6.88. The Bertz CT molecular complexity index is 575. The summed E-state index contributed by atoms with van der Waals surface area (Å²) in [6.07, 6.45) is 3.16. The molecule has 0 radical (unpaired) electrons. The Labute approximate surface area is 118 Å². The van der Waals surface area contributed by atoms with Gasteiger partial charge in [-0.05, 0) is 31.4 Å². The van der Waals surface area contributed by atoms with Crippen molar-refractivity contribution >= 4 is 11.6 Å². The molecule has 2 fully saturated rings. The topological polar surface area (TPSA) is 65.4 Å². The van der Waals surface area contributed by atoms with E-state index < -0.39 is 0 Å². The second-order valence-corrected chi connectivity index (χ2v) is 5.27. The number of hydrogen-bond acceptors (Lipinski definition) is 4. The van der Waals surface area contributed by atoms with Crippen LogP contribution in [0.15, 0.2) is 18.2 Å². The van der Waals surface area contributed by atoms with Gasteiger partial charge in [-0.2, -0.15) is 5.26 Å². The summed E-state index contributed by atoms with van der Waals surface area (Å²) >= 11 is 0. The highest BCUT2D eigenvalue weighted by atomic mass is 16.5. The van der Waals surface area contributed by atoms with Crippen LogP contribution in [0.25, 0.3) is 0 Å². The SMILES string of the molecule is COc1cc(C#N)ccc1N1CCC(NC2CC2)C1=O. The van der Waals surface area contributed by atoms with E-state index in [1.807, 2.05) is 0 Å². The number of hydrogen-bond donors (Lipinski definition) is 1. The number of methoxy groups -OCH3 is 1. The van der Waals surface area contributed by atoms with E-state index in [0.717, 1.165) is 12.1 Å². The number of ether oxygens (including phenoxy) is 1. The van der Waals surface area contributed by atoms with Crippen LogP contribution >= 0.6 is 0 Å². The number of carbonyl (C=O) groups is 1. The Morgan fingerprint density at radius 3 is 2.85 bits per heavy atom. The van der Waals surface area contributed by atoms with E-state index in [4.69, 9.17) is 10.00 Å². The molecule has 2 aliphatic rings. The lowest BCUT2D eigenvalue weighted by atomic mass is 10.2. The van der Waals surface area contributed by atoms with Gasteiger partial charge in [0.15, 0.2) is 0 Å². The van der Waals surface area contributed by atoms with Crippen molar-refractivity contribution in [3.63, 3.8) is 0 Å². The Kier molecular flexibility index (Phi) is 3.33. The highest BCUT2D eigenvalue weighted by molar-refractivity contribution is 6.00. The average Bonchev–Trinajstić information content (AvgIpc) is 3.23. The van der Waals surface area contributed by atoms with E-state index in [0.29, 0.717) is 23.9 Å². The summed E-state index contributed by atoms with van der Waals surface area (Å²) in [6.45, 7) is 0.686. The normalized spacial score (nSPS) is 21.9. The zero-order chi connectivity index (χ0) is 14.1. The van der Waals surface area contributed by atoms with Crippen LogP contribution in [0.2, 0.25) is 0 Å². The number of rotatable bonds is 4. The van der Waals surface area contributed by atoms with Gasteiger partial charge < -0.3 is 15.0 Å². The molecular formula is C15H17N3O2. The molecule has 20 heavy (non-hydrogen) atoms. The van der Waals surface area contributed by atoms with Gasteiger partial charge in [0.2, 0.25) is 5.91 Å². The minimum atomic E-state index is -0.0807. The van der Waals surface area contributed by atoms with Crippen LogP contribution in [-0.4, -0.2) is 31.6 Å². The van der Waals surface area contributed by atoms with Gasteiger partial charge in [-0.25, -0.2) is 0 Å². The van der Waals surface area contributed by atoms with Crippen molar-refractivity contribution in [3.05, 3.63) is 23.8 Å². The predicted molar refractivity (Wildman–Crippen MR) is 74.6 cm³/mol. The summed E-state index contributed by atoms with van der Waals surface area (Å²) in [7, 11) is 1.56. The Hall–Kier alpha value is -2.06. The quantitative estimate of drug-likeness (QED) is 0.899. The van der Waals surface area contributed by atoms with Crippen molar-refractivity contribution in [2.24, 2.45) is 0 Å². The lowest BCUT2D eigenvalue weighted by Crippen LogP contribution is -2.39. The molecule has 0 bridgehead atoms. The Morgan fingerprint density at radius 1 is 1.40 bits per heavy atom. The summed E-state index contributed by atoms with van der Waals surface area (Å²) in [4.78, 5) is 14.2. The third-order valence-electron chi connectivity index (χ3n) is 3.82. The highest BCUT2D eigenvalue weighted by Crippen LogP contribution is 2.33. The number of nitriles is 1. The third kappa shape index (κ3) is 2.35. The molecule has 0 aromatic heterocycles. The smallest absolute Gasteiger partial charge is 0.244 e. The van der Waals surface area contributed by atoms with Gasteiger partial charge in [-0.15, -0.1) is 0 Å². The molecule has 1 aromatic carbocycles. The first-order chi connectivity index (χ1) is 9.72. The molecule has 1 unspecified atom stereocenters. The maximum Gasteiger partial charge on any atom is 0.244 e. The Balaban J connectivity index is 1.82. The van der Waals surface area contributed by atoms with Crippen molar-refractivity contribution in [3.8, 4) is 11.8 Å². The molecule has 1 saturated carbocycles. The molecule has 1 aromatic rings.